The van der Waals surface area contributed by atoms with Crippen molar-refractivity contribution in [1.29, 1.82) is 0 Å². The van der Waals surface area contributed by atoms with Crippen LogP contribution in [0.2, 0.25) is 0 Å². The van der Waals surface area contributed by atoms with Crippen molar-refractivity contribution >= 4 is 5.97 Å². The highest BCUT2D eigenvalue weighted by molar-refractivity contribution is 5.70. The van der Waals surface area contributed by atoms with Crippen molar-refractivity contribution in [2.75, 3.05) is 26.9 Å². The molecule has 0 saturated carbocycles. The van der Waals surface area contributed by atoms with Crippen LogP contribution < -0.4 is 0 Å². The fourth-order valence-electron chi connectivity index (χ4n) is 0.965. The first kappa shape index (κ1) is 13.1. The summed E-state index contributed by atoms with van der Waals surface area (Å²) < 4.78 is 9.93. The van der Waals surface area contributed by atoms with Crippen LogP contribution in [0.5, 0.6) is 0 Å². The minimum Gasteiger partial charge on any atom is -0.481 e. The maximum atomic E-state index is 10.7. The standard InChI is InChI=1S/C10H18O4/c1-3-4-5-9(10(11)12)8-14-7-6-13-2/h3,9H,1,4-8H2,2H3,(H,11,12). The van der Waals surface area contributed by atoms with Gasteiger partial charge in [0.25, 0.3) is 0 Å². The van der Waals surface area contributed by atoms with E-state index in [0.717, 1.165) is 0 Å². The van der Waals surface area contributed by atoms with Crippen molar-refractivity contribution < 1.29 is 19.4 Å². The Hall–Kier alpha value is -0.870. The van der Waals surface area contributed by atoms with E-state index < -0.39 is 11.9 Å². The van der Waals surface area contributed by atoms with Crippen LogP contribution in [0.25, 0.3) is 0 Å². The zero-order chi connectivity index (χ0) is 10.8. The molecule has 0 aliphatic heterocycles. The Labute approximate surface area is 84.5 Å². The van der Waals surface area contributed by atoms with Gasteiger partial charge in [-0.2, -0.15) is 0 Å². The van der Waals surface area contributed by atoms with Gasteiger partial charge in [0, 0.05) is 7.11 Å². The Kier molecular flexibility index (Phi) is 8.17. The normalized spacial score (nSPS) is 12.4. The lowest BCUT2D eigenvalue weighted by molar-refractivity contribution is -0.144. The topological polar surface area (TPSA) is 55.8 Å². The quantitative estimate of drug-likeness (QED) is 0.452. The summed E-state index contributed by atoms with van der Waals surface area (Å²) in [5.41, 5.74) is 0. The number of carboxylic acid groups (broad SMARTS) is 1. The highest BCUT2D eigenvalue weighted by atomic mass is 16.5. The summed E-state index contributed by atoms with van der Waals surface area (Å²) in [6, 6.07) is 0. The molecule has 14 heavy (non-hydrogen) atoms. The van der Waals surface area contributed by atoms with Crippen LogP contribution in [0.1, 0.15) is 12.8 Å². The summed E-state index contributed by atoms with van der Waals surface area (Å²) in [6.07, 6.45) is 2.99. The second-order valence-corrected chi connectivity index (χ2v) is 2.97. The van der Waals surface area contributed by atoms with Gasteiger partial charge in [0.1, 0.15) is 0 Å². The maximum Gasteiger partial charge on any atom is 0.308 e. The average Bonchev–Trinajstić information content (AvgIpc) is 2.16. The van der Waals surface area contributed by atoms with E-state index in [0.29, 0.717) is 26.1 Å². The molecule has 1 N–H and O–H groups in total. The first-order chi connectivity index (χ1) is 6.72. The fourth-order valence-corrected chi connectivity index (χ4v) is 0.965. The number of carboxylic acids is 1. The smallest absolute Gasteiger partial charge is 0.308 e. The number of hydrogen-bond acceptors (Lipinski definition) is 3. The summed E-state index contributed by atoms with van der Waals surface area (Å²) in [5, 5.41) is 8.81. The van der Waals surface area contributed by atoms with Crippen molar-refractivity contribution in [3.8, 4) is 0 Å². The molecule has 0 radical (unpaired) electrons. The van der Waals surface area contributed by atoms with Crippen molar-refractivity contribution in [3.63, 3.8) is 0 Å². The summed E-state index contributed by atoms with van der Waals surface area (Å²) in [7, 11) is 1.58. The molecule has 82 valence electrons. The largest absolute Gasteiger partial charge is 0.481 e. The highest BCUT2D eigenvalue weighted by Gasteiger charge is 2.16. The van der Waals surface area contributed by atoms with Gasteiger partial charge in [-0.1, -0.05) is 6.08 Å². The van der Waals surface area contributed by atoms with Gasteiger partial charge >= 0.3 is 5.97 Å². The number of carbonyl (C=O) groups is 1. The van der Waals surface area contributed by atoms with Crippen molar-refractivity contribution in [2.24, 2.45) is 5.92 Å². The number of rotatable bonds is 9. The molecule has 0 heterocycles. The van der Waals surface area contributed by atoms with E-state index >= 15 is 0 Å². The number of aliphatic carboxylic acids is 1. The Bertz CT molecular complexity index is 168. The van der Waals surface area contributed by atoms with E-state index in [1.165, 1.54) is 0 Å². The molecule has 4 nitrogen and oxygen atoms in total. The molecular formula is C10H18O4. The molecule has 1 unspecified atom stereocenters. The predicted octanol–water partition coefficient (Wildman–Crippen LogP) is 1.32. The van der Waals surface area contributed by atoms with Gasteiger partial charge in [0.05, 0.1) is 25.7 Å². The van der Waals surface area contributed by atoms with E-state index in [9.17, 15) is 4.79 Å². The monoisotopic (exact) mass is 202 g/mol. The molecule has 0 saturated heterocycles. The van der Waals surface area contributed by atoms with E-state index in [2.05, 4.69) is 6.58 Å². The van der Waals surface area contributed by atoms with Crippen LogP contribution in [-0.2, 0) is 14.3 Å². The molecule has 0 amide bonds. The molecule has 0 aromatic heterocycles. The summed E-state index contributed by atoms with van der Waals surface area (Å²) in [6.45, 7) is 4.72. The molecule has 0 bridgehead atoms. The Balaban J connectivity index is 3.62. The third-order valence-electron chi connectivity index (χ3n) is 1.82. The SMILES string of the molecule is C=CCCC(COCCOC)C(=O)O. The molecule has 0 rings (SSSR count). The molecule has 0 aromatic carbocycles. The van der Waals surface area contributed by atoms with E-state index in [4.69, 9.17) is 14.6 Å². The summed E-state index contributed by atoms with van der Waals surface area (Å²) in [5.74, 6) is -1.26. The van der Waals surface area contributed by atoms with Crippen molar-refractivity contribution in [1.82, 2.24) is 0 Å². The first-order valence-corrected chi connectivity index (χ1v) is 4.62. The zero-order valence-electron chi connectivity index (χ0n) is 8.57. The van der Waals surface area contributed by atoms with Crippen LogP contribution in [0.15, 0.2) is 12.7 Å². The second-order valence-electron chi connectivity index (χ2n) is 2.97. The molecule has 0 spiro atoms. The van der Waals surface area contributed by atoms with Gasteiger partial charge in [0.2, 0.25) is 0 Å². The number of allylic oxidation sites excluding steroid dienone is 1. The van der Waals surface area contributed by atoms with Crippen LogP contribution >= 0.6 is 0 Å². The number of ether oxygens (including phenoxy) is 2. The van der Waals surface area contributed by atoms with Gasteiger partial charge < -0.3 is 14.6 Å². The number of methoxy groups -OCH3 is 1. The Morgan fingerprint density at radius 3 is 2.79 bits per heavy atom. The molecular weight excluding hydrogens is 184 g/mol. The third-order valence-corrected chi connectivity index (χ3v) is 1.82. The lowest BCUT2D eigenvalue weighted by atomic mass is 10.1. The Morgan fingerprint density at radius 2 is 2.29 bits per heavy atom. The van der Waals surface area contributed by atoms with Crippen LogP contribution in [-0.4, -0.2) is 38.0 Å². The van der Waals surface area contributed by atoms with Gasteiger partial charge in [-0.3, -0.25) is 4.79 Å². The molecule has 4 heteroatoms. The highest BCUT2D eigenvalue weighted by Crippen LogP contribution is 2.07. The lowest BCUT2D eigenvalue weighted by Gasteiger charge is -2.11. The average molecular weight is 202 g/mol. The first-order valence-electron chi connectivity index (χ1n) is 4.62. The summed E-state index contributed by atoms with van der Waals surface area (Å²) in [4.78, 5) is 10.7. The molecule has 0 fully saturated rings. The maximum absolute atomic E-state index is 10.7. The van der Waals surface area contributed by atoms with Gasteiger partial charge in [-0.05, 0) is 12.8 Å². The van der Waals surface area contributed by atoms with Crippen LogP contribution in [0.3, 0.4) is 0 Å². The molecule has 1 atom stereocenters. The zero-order valence-corrected chi connectivity index (χ0v) is 8.57. The van der Waals surface area contributed by atoms with E-state index in [1.54, 1.807) is 13.2 Å². The molecule has 0 aliphatic rings. The van der Waals surface area contributed by atoms with Crippen molar-refractivity contribution in [2.45, 2.75) is 12.8 Å². The van der Waals surface area contributed by atoms with E-state index in [-0.39, 0.29) is 6.61 Å². The number of hydrogen-bond donors (Lipinski definition) is 1. The fraction of sp³-hybridized carbons (Fsp3) is 0.700. The van der Waals surface area contributed by atoms with Crippen LogP contribution in [0, 0.1) is 5.92 Å². The predicted molar refractivity (Wildman–Crippen MR) is 53.3 cm³/mol. The Morgan fingerprint density at radius 1 is 1.57 bits per heavy atom. The van der Waals surface area contributed by atoms with Crippen molar-refractivity contribution in [3.05, 3.63) is 12.7 Å². The van der Waals surface area contributed by atoms with Gasteiger partial charge in [-0.15, -0.1) is 6.58 Å². The minimum atomic E-state index is -0.815. The van der Waals surface area contributed by atoms with Gasteiger partial charge in [-0.25, -0.2) is 0 Å². The van der Waals surface area contributed by atoms with E-state index in [1.807, 2.05) is 0 Å². The minimum absolute atomic E-state index is 0.243. The second kappa shape index (κ2) is 8.72. The van der Waals surface area contributed by atoms with Crippen LogP contribution in [0.4, 0.5) is 0 Å². The summed E-state index contributed by atoms with van der Waals surface area (Å²) >= 11 is 0. The molecule has 0 aromatic rings. The molecule has 0 aliphatic carbocycles. The van der Waals surface area contributed by atoms with Gasteiger partial charge in [0.15, 0.2) is 0 Å². The third kappa shape index (κ3) is 6.62. The lowest BCUT2D eigenvalue weighted by Crippen LogP contribution is -2.20.